The maximum Gasteiger partial charge on any atom is 0.445 e. The topological polar surface area (TPSA) is 55.6 Å². The molecule has 0 saturated heterocycles. The van der Waals surface area contributed by atoms with Gasteiger partial charge in [0.2, 0.25) is 10.1 Å². The summed E-state index contributed by atoms with van der Waals surface area (Å²) in [5.74, 6) is 0. The first-order chi connectivity index (χ1) is 10.9. The van der Waals surface area contributed by atoms with Crippen LogP contribution in [0.15, 0.2) is 43.0 Å². The van der Waals surface area contributed by atoms with E-state index in [9.17, 15) is 13.2 Å². The van der Waals surface area contributed by atoms with Crippen LogP contribution in [0.1, 0.15) is 23.5 Å². The van der Waals surface area contributed by atoms with E-state index < -0.39 is 11.2 Å². The van der Waals surface area contributed by atoms with Crippen LogP contribution in [-0.2, 0) is 6.18 Å². The maximum absolute atomic E-state index is 12.5. The summed E-state index contributed by atoms with van der Waals surface area (Å²) in [6.45, 7) is 1.85. The van der Waals surface area contributed by atoms with Gasteiger partial charge in [0.25, 0.3) is 0 Å². The van der Waals surface area contributed by atoms with Crippen LogP contribution < -0.4 is 5.32 Å². The third-order valence-electron chi connectivity index (χ3n) is 3.18. The molecule has 0 aliphatic rings. The van der Waals surface area contributed by atoms with Crippen LogP contribution in [0, 0.1) is 0 Å². The first-order valence-electron chi connectivity index (χ1n) is 6.69. The van der Waals surface area contributed by atoms with Crippen molar-refractivity contribution in [3.8, 4) is 5.69 Å². The second-order valence-electron chi connectivity index (χ2n) is 4.84. The van der Waals surface area contributed by atoms with Crippen LogP contribution in [0.2, 0.25) is 0 Å². The van der Waals surface area contributed by atoms with Gasteiger partial charge in [0.1, 0.15) is 0 Å². The monoisotopic (exact) mass is 339 g/mol. The van der Waals surface area contributed by atoms with Crippen LogP contribution >= 0.6 is 11.3 Å². The molecule has 3 aromatic rings. The zero-order chi connectivity index (χ0) is 16.4. The Morgan fingerprint density at radius 1 is 1.26 bits per heavy atom. The lowest BCUT2D eigenvalue weighted by Crippen LogP contribution is -2.07. The highest BCUT2D eigenvalue weighted by Gasteiger charge is 2.35. The molecule has 1 atom stereocenters. The van der Waals surface area contributed by atoms with Crippen LogP contribution in [0.5, 0.6) is 0 Å². The van der Waals surface area contributed by atoms with Crippen molar-refractivity contribution in [1.29, 1.82) is 0 Å². The number of benzene rings is 1. The molecular formula is C14H12F3N5S. The molecule has 0 amide bonds. The first kappa shape index (κ1) is 15.5. The van der Waals surface area contributed by atoms with Crippen LogP contribution in [-0.4, -0.2) is 19.7 Å². The zero-order valence-electron chi connectivity index (χ0n) is 11.9. The number of imidazole rings is 1. The van der Waals surface area contributed by atoms with Gasteiger partial charge in [0.15, 0.2) is 0 Å². The lowest BCUT2D eigenvalue weighted by molar-refractivity contribution is -0.138. The molecule has 3 rings (SSSR count). The number of aromatic nitrogens is 4. The molecule has 0 spiro atoms. The molecule has 0 fully saturated rings. The van der Waals surface area contributed by atoms with Gasteiger partial charge in [0, 0.05) is 18.1 Å². The van der Waals surface area contributed by atoms with E-state index >= 15 is 0 Å². The minimum absolute atomic E-state index is 0.137. The SMILES string of the molecule is CC(Nc1nnc(C(F)(F)F)s1)c1cccc(-n2ccnc2)c1. The first-order valence-corrected chi connectivity index (χ1v) is 7.50. The molecule has 5 nitrogen and oxygen atoms in total. The lowest BCUT2D eigenvalue weighted by atomic mass is 10.1. The molecule has 0 aliphatic carbocycles. The number of halogens is 3. The van der Waals surface area contributed by atoms with Crippen molar-refractivity contribution in [3.05, 3.63) is 53.6 Å². The van der Waals surface area contributed by atoms with E-state index in [0.717, 1.165) is 11.3 Å². The summed E-state index contributed by atoms with van der Waals surface area (Å²) < 4.78 is 39.5. The van der Waals surface area contributed by atoms with Gasteiger partial charge in [-0.15, -0.1) is 10.2 Å². The summed E-state index contributed by atoms with van der Waals surface area (Å²) in [4.78, 5) is 3.99. The van der Waals surface area contributed by atoms with E-state index in [0.29, 0.717) is 11.3 Å². The maximum atomic E-state index is 12.5. The molecule has 9 heteroatoms. The summed E-state index contributed by atoms with van der Waals surface area (Å²) >= 11 is 0.491. The van der Waals surface area contributed by atoms with Crippen molar-refractivity contribution in [2.24, 2.45) is 0 Å². The molecule has 1 aromatic carbocycles. The third-order valence-corrected chi connectivity index (χ3v) is 4.08. The second-order valence-corrected chi connectivity index (χ2v) is 5.82. The molecule has 120 valence electrons. The predicted molar refractivity (Wildman–Crippen MR) is 80.5 cm³/mol. The fourth-order valence-corrected chi connectivity index (χ4v) is 2.73. The Hall–Kier alpha value is -2.42. The molecule has 23 heavy (non-hydrogen) atoms. The zero-order valence-corrected chi connectivity index (χ0v) is 12.8. The number of hydrogen-bond acceptors (Lipinski definition) is 5. The largest absolute Gasteiger partial charge is 0.445 e. The van der Waals surface area contributed by atoms with Crippen molar-refractivity contribution >= 4 is 16.5 Å². The van der Waals surface area contributed by atoms with Gasteiger partial charge in [-0.05, 0) is 24.6 Å². The summed E-state index contributed by atoms with van der Waals surface area (Å²) in [7, 11) is 0. The van der Waals surface area contributed by atoms with Gasteiger partial charge in [-0.2, -0.15) is 13.2 Å². The minimum Gasteiger partial charge on any atom is -0.354 e. The summed E-state index contributed by atoms with van der Waals surface area (Å²) in [6.07, 6.45) is 0.700. The van der Waals surface area contributed by atoms with Crippen molar-refractivity contribution in [1.82, 2.24) is 19.7 Å². The Labute approximate surface area is 133 Å². The van der Waals surface area contributed by atoms with E-state index in [2.05, 4.69) is 20.5 Å². The van der Waals surface area contributed by atoms with Gasteiger partial charge < -0.3 is 9.88 Å². The average Bonchev–Trinajstić information content (AvgIpc) is 3.18. The molecule has 1 unspecified atom stereocenters. The normalized spacial score (nSPS) is 13.0. The van der Waals surface area contributed by atoms with E-state index in [4.69, 9.17) is 0 Å². The van der Waals surface area contributed by atoms with Crippen LogP contribution in [0.25, 0.3) is 5.69 Å². The van der Waals surface area contributed by atoms with Crippen molar-refractivity contribution < 1.29 is 13.2 Å². The highest BCUT2D eigenvalue weighted by Crippen LogP contribution is 2.34. The van der Waals surface area contributed by atoms with Gasteiger partial charge in [-0.3, -0.25) is 0 Å². The number of hydrogen-bond donors (Lipinski definition) is 1. The Morgan fingerprint density at radius 2 is 2.09 bits per heavy atom. The second kappa shape index (κ2) is 5.99. The van der Waals surface area contributed by atoms with Gasteiger partial charge in [0.05, 0.1) is 12.4 Å². The molecule has 2 aromatic heterocycles. The third kappa shape index (κ3) is 3.50. The summed E-state index contributed by atoms with van der Waals surface area (Å²) in [5, 5.41) is 8.82. The number of alkyl halides is 3. The predicted octanol–water partition coefficient (Wildman–Crippen LogP) is 3.92. The number of rotatable bonds is 4. The fourth-order valence-electron chi connectivity index (χ4n) is 2.03. The summed E-state index contributed by atoms with van der Waals surface area (Å²) in [6, 6.07) is 7.41. The molecule has 0 radical (unpaired) electrons. The van der Waals surface area contributed by atoms with E-state index in [1.165, 1.54) is 0 Å². The molecule has 0 aliphatic heterocycles. The Balaban J connectivity index is 1.77. The molecule has 1 N–H and O–H groups in total. The van der Waals surface area contributed by atoms with Gasteiger partial charge >= 0.3 is 6.18 Å². The molecule has 0 bridgehead atoms. The minimum atomic E-state index is -4.47. The molecule has 2 heterocycles. The van der Waals surface area contributed by atoms with E-state index in [1.807, 2.05) is 42.0 Å². The highest BCUT2D eigenvalue weighted by molar-refractivity contribution is 7.15. The summed E-state index contributed by atoms with van der Waals surface area (Å²) in [5.41, 5.74) is 1.84. The van der Waals surface area contributed by atoms with Crippen molar-refractivity contribution in [2.45, 2.75) is 19.1 Å². The molecule has 0 saturated carbocycles. The Kier molecular flexibility index (Phi) is 4.03. The quantitative estimate of drug-likeness (QED) is 0.783. The lowest BCUT2D eigenvalue weighted by Gasteiger charge is -2.14. The Morgan fingerprint density at radius 3 is 2.74 bits per heavy atom. The van der Waals surface area contributed by atoms with E-state index in [-0.39, 0.29) is 11.2 Å². The fraction of sp³-hybridized carbons (Fsp3) is 0.214. The van der Waals surface area contributed by atoms with Crippen LogP contribution in [0.3, 0.4) is 0 Å². The number of nitrogens with zero attached hydrogens (tertiary/aromatic N) is 4. The standard InChI is InChI=1S/C14H12F3N5S/c1-9(19-13-21-20-12(23-13)14(15,16)17)10-3-2-4-11(7-10)22-6-5-18-8-22/h2-9H,1H3,(H,19,21). The van der Waals surface area contributed by atoms with Gasteiger partial charge in [-0.25, -0.2) is 4.98 Å². The smallest absolute Gasteiger partial charge is 0.354 e. The van der Waals surface area contributed by atoms with Gasteiger partial charge in [-0.1, -0.05) is 23.5 Å². The average molecular weight is 339 g/mol. The number of nitrogens with one attached hydrogen (secondary N) is 1. The van der Waals surface area contributed by atoms with Crippen molar-refractivity contribution in [2.75, 3.05) is 5.32 Å². The van der Waals surface area contributed by atoms with Crippen molar-refractivity contribution in [3.63, 3.8) is 0 Å². The Bertz CT molecular complexity index is 782. The van der Waals surface area contributed by atoms with E-state index in [1.54, 1.807) is 12.5 Å². The number of anilines is 1. The molecular weight excluding hydrogens is 327 g/mol. The highest BCUT2D eigenvalue weighted by atomic mass is 32.1. The van der Waals surface area contributed by atoms with Crippen LogP contribution in [0.4, 0.5) is 18.3 Å².